The van der Waals surface area contributed by atoms with E-state index in [1.54, 1.807) is 39.1 Å². The van der Waals surface area contributed by atoms with Gasteiger partial charge >= 0.3 is 0 Å². The molecule has 1 amide bonds. The highest BCUT2D eigenvalue weighted by atomic mass is 35.5. The Hall–Kier alpha value is -0.940. The lowest BCUT2D eigenvalue weighted by molar-refractivity contribution is -0.126. The average Bonchev–Trinajstić information content (AvgIpc) is 2.15. The Morgan fingerprint density at radius 2 is 2.18 bits per heavy atom. The number of carbonyl (C=O) groups excluding carboxylic acids is 1. The van der Waals surface area contributed by atoms with E-state index in [9.17, 15) is 9.00 Å². The molecular formula is C11H15ClN2O2S. The molecule has 0 spiro atoms. The van der Waals surface area contributed by atoms with Gasteiger partial charge in [-0.15, -0.1) is 0 Å². The molecule has 1 aromatic rings. The number of hydrogen-bond donors (Lipinski definition) is 1. The number of pyridine rings is 1. The molecule has 0 aliphatic heterocycles. The number of nitrogens with zero attached hydrogens (tertiary/aromatic N) is 1. The van der Waals surface area contributed by atoms with Crippen LogP contribution in [0.3, 0.4) is 0 Å². The summed E-state index contributed by atoms with van der Waals surface area (Å²) in [6, 6.07) is 3.34. The molecule has 0 bridgehead atoms. The first kappa shape index (κ1) is 14.1. The molecular weight excluding hydrogens is 260 g/mol. The summed E-state index contributed by atoms with van der Waals surface area (Å²) in [5.74, 6) is -0.0136. The third-order valence-electron chi connectivity index (χ3n) is 1.98. The van der Waals surface area contributed by atoms with Crippen LogP contribution in [-0.2, 0) is 21.5 Å². The summed E-state index contributed by atoms with van der Waals surface area (Å²) in [4.78, 5) is 15.4. The molecule has 0 aliphatic rings. The monoisotopic (exact) mass is 274 g/mol. The fourth-order valence-electron chi connectivity index (χ4n) is 0.976. The smallest absolute Gasteiger partial charge is 0.237 e. The van der Waals surface area contributed by atoms with E-state index in [1.165, 1.54) is 0 Å². The fraction of sp³-hybridized carbons (Fsp3) is 0.455. The molecule has 0 unspecified atom stereocenters. The molecule has 94 valence electrons. The van der Waals surface area contributed by atoms with Crippen LogP contribution in [0, 0.1) is 5.41 Å². The molecule has 1 heterocycles. The van der Waals surface area contributed by atoms with E-state index in [0.29, 0.717) is 5.15 Å². The van der Waals surface area contributed by atoms with E-state index in [-0.39, 0.29) is 11.7 Å². The van der Waals surface area contributed by atoms with Crippen molar-refractivity contribution in [3.8, 4) is 0 Å². The molecule has 0 aromatic carbocycles. The second-order valence-electron chi connectivity index (χ2n) is 4.66. The predicted octanol–water partition coefficient (Wildman–Crippen LogP) is 2.06. The van der Waals surface area contributed by atoms with Crippen LogP contribution in [0.4, 0.5) is 0 Å². The highest BCUT2D eigenvalue weighted by Gasteiger charge is 2.22. The molecule has 0 radical (unpaired) electrons. The van der Waals surface area contributed by atoms with Gasteiger partial charge in [0.25, 0.3) is 0 Å². The van der Waals surface area contributed by atoms with E-state index in [2.05, 4.69) is 9.71 Å². The van der Waals surface area contributed by atoms with Crippen LogP contribution in [0.1, 0.15) is 26.3 Å². The minimum atomic E-state index is -1.44. The van der Waals surface area contributed by atoms with Gasteiger partial charge in [0.05, 0.1) is 5.75 Å². The van der Waals surface area contributed by atoms with Crippen molar-refractivity contribution in [2.75, 3.05) is 0 Å². The lowest BCUT2D eigenvalue weighted by atomic mass is 9.96. The Labute approximate surface area is 108 Å². The van der Waals surface area contributed by atoms with Crippen LogP contribution in [-0.4, -0.2) is 15.1 Å². The molecule has 0 saturated heterocycles. The summed E-state index contributed by atoms with van der Waals surface area (Å²) >= 11 is 5.71. The van der Waals surface area contributed by atoms with Crippen molar-refractivity contribution in [2.24, 2.45) is 5.41 Å². The fourth-order valence-corrected chi connectivity index (χ4v) is 2.24. The molecule has 6 heteroatoms. The van der Waals surface area contributed by atoms with Gasteiger partial charge < -0.3 is 0 Å². The van der Waals surface area contributed by atoms with E-state index in [1.807, 2.05) is 0 Å². The first-order valence-electron chi connectivity index (χ1n) is 5.09. The van der Waals surface area contributed by atoms with Crippen LogP contribution < -0.4 is 4.72 Å². The van der Waals surface area contributed by atoms with E-state index in [4.69, 9.17) is 11.6 Å². The van der Waals surface area contributed by atoms with Crippen LogP contribution >= 0.6 is 11.6 Å². The molecule has 1 N–H and O–H groups in total. The highest BCUT2D eigenvalue weighted by molar-refractivity contribution is 7.82. The van der Waals surface area contributed by atoms with Gasteiger partial charge in [-0.25, -0.2) is 9.19 Å². The summed E-state index contributed by atoms with van der Waals surface area (Å²) in [7, 11) is -1.44. The summed E-state index contributed by atoms with van der Waals surface area (Å²) < 4.78 is 14.2. The quantitative estimate of drug-likeness (QED) is 0.859. The standard InChI is InChI=1S/C11H15ClN2O2S/c1-11(2,3)10(15)14-17(16)7-8-4-5-13-9(12)6-8/h4-6H,7H2,1-3H3,(H,14,15)/t17-/m0/s1. The van der Waals surface area contributed by atoms with Gasteiger partial charge in [0.2, 0.25) is 5.91 Å². The molecule has 0 aliphatic carbocycles. The predicted molar refractivity (Wildman–Crippen MR) is 68.7 cm³/mol. The normalized spacial score (nSPS) is 13.2. The van der Waals surface area contributed by atoms with Crippen molar-refractivity contribution in [3.63, 3.8) is 0 Å². The highest BCUT2D eigenvalue weighted by Crippen LogP contribution is 2.13. The van der Waals surface area contributed by atoms with Crippen molar-refractivity contribution < 1.29 is 9.00 Å². The Morgan fingerprint density at radius 1 is 1.53 bits per heavy atom. The first-order valence-corrected chi connectivity index (χ1v) is 6.78. The first-order chi connectivity index (χ1) is 7.79. The van der Waals surface area contributed by atoms with E-state index >= 15 is 0 Å². The van der Waals surface area contributed by atoms with Crippen molar-refractivity contribution in [2.45, 2.75) is 26.5 Å². The average molecular weight is 275 g/mol. The van der Waals surface area contributed by atoms with E-state index in [0.717, 1.165) is 5.56 Å². The third-order valence-corrected chi connectivity index (χ3v) is 3.19. The van der Waals surface area contributed by atoms with Gasteiger partial charge in [-0.1, -0.05) is 32.4 Å². The van der Waals surface area contributed by atoms with Gasteiger partial charge in [-0.05, 0) is 17.7 Å². The number of rotatable bonds is 3. The van der Waals surface area contributed by atoms with Crippen molar-refractivity contribution in [1.29, 1.82) is 0 Å². The second kappa shape index (κ2) is 5.60. The minimum absolute atomic E-state index is 0.226. The van der Waals surface area contributed by atoms with E-state index < -0.39 is 16.4 Å². The van der Waals surface area contributed by atoms with Gasteiger partial charge in [0.15, 0.2) is 0 Å². The molecule has 1 aromatic heterocycles. The van der Waals surface area contributed by atoms with Crippen molar-refractivity contribution in [3.05, 3.63) is 29.0 Å². The molecule has 0 fully saturated rings. The van der Waals surface area contributed by atoms with Gasteiger partial charge in [-0.2, -0.15) is 0 Å². The van der Waals surface area contributed by atoms with Gasteiger partial charge in [0.1, 0.15) is 16.1 Å². The summed E-state index contributed by atoms with van der Waals surface area (Å²) in [6.07, 6.45) is 1.54. The Kier molecular flexibility index (Phi) is 4.65. The summed E-state index contributed by atoms with van der Waals surface area (Å²) in [5.41, 5.74) is 0.225. The lowest BCUT2D eigenvalue weighted by Crippen LogP contribution is -2.36. The molecule has 1 atom stereocenters. The van der Waals surface area contributed by atoms with Crippen LogP contribution in [0.5, 0.6) is 0 Å². The zero-order chi connectivity index (χ0) is 13.1. The zero-order valence-corrected chi connectivity index (χ0v) is 11.6. The number of nitrogens with one attached hydrogen (secondary N) is 1. The van der Waals surface area contributed by atoms with Crippen LogP contribution in [0.2, 0.25) is 5.15 Å². The third kappa shape index (κ3) is 4.83. The Bertz CT molecular complexity index is 443. The maximum atomic E-state index is 11.7. The maximum Gasteiger partial charge on any atom is 0.237 e. The minimum Gasteiger partial charge on any atom is -0.274 e. The SMILES string of the molecule is CC(C)(C)C(=O)N[S@@](=O)Cc1ccnc(Cl)c1. The maximum absolute atomic E-state index is 11.7. The number of amides is 1. The van der Waals surface area contributed by atoms with Crippen molar-refractivity contribution in [1.82, 2.24) is 9.71 Å². The zero-order valence-electron chi connectivity index (χ0n) is 9.99. The van der Waals surface area contributed by atoms with Crippen LogP contribution in [0.25, 0.3) is 0 Å². The summed E-state index contributed by atoms with van der Waals surface area (Å²) in [6.45, 7) is 5.30. The van der Waals surface area contributed by atoms with Gasteiger partial charge in [0, 0.05) is 11.6 Å². The number of halogens is 1. The molecule has 17 heavy (non-hydrogen) atoms. The van der Waals surface area contributed by atoms with Gasteiger partial charge in [-0.3, -0.25) is 9.52 Å². The number of aromatic nitrogens is 1. The number of hydrogen-bond acceptors (Lipinski definition) is 3. The Balaban J connectivity index is 2.59. The topological polar surface area (TPSA) is 59.1 Å². The molecule has 4 nitrogen and oxygen atoms in total. The Morgan fingerprint density at radius 3 is 2.71 bits per heavy atom. The van der Waals surface area contributed by atoms with Crippen molar-refractivity contribution >= 4 is 28.5 Å². The lowest BCUT2D eigenvalue weighted by Gasteiger charge is -2.16. The second-order valence-corrected chi connectivity index (χ2v) is 6.23. The molecule has 0 saturated carbocycles. The van der Waals surface area contributed by atoms with Crippen LogP contribution in [0.15, 0.2) is 18.3 Å². The number of carbonyl (C=O) groups is 1. The largest absolute Gasteiger partial charge is 0.274 e. The molecule has 1 rings (SSSR count). The summed E-state index contributed by atoms with van der Waals surface area (Å²) in [5, 5.41) is 0.349.